The van der Waals surface area contributed by atoms with Crippen LogP contribution in [0.15, 0.2) is 35.7 Å². The van der Waals surface area contributed by atoms with Gasteiger partial charge in [-0.15, -0.1) is 11.3 Å². The zero-order valence-electron chi connectivity index (χ0n) is 17.6. The Hall–Kier alpha value is -2.70. The summed E-state index contributed by atoms with van der Waals surface area (Å²) in [6, 6.07) is 9.32. The summed E-state index contributed by atoms with van der Waals surface area (Å²) in [5.41, 5.74) is 5.55. The van der Waals surface area contributed by atoms with Gasteiger partial charge in [-0.1, -0.05) is 29.8 Å². The van der Waals surface area contributed by atoms with E-state index in [4.69, 9.17) is 16.3 Å². The maximum Gasteiger partial charge on any atom is 0.338 e. The number of aromatic nitrogens is 1. The fraction of sp³-hybridized carbons (Fsp3) is 0.261. The predicted molar refractivity (Wildman–Crippen MR) is 121 cm³/mol. The first-order valence-electron chi connectivity index (χ1n) is 9.44. The van der Waals surface area contributed by atoms with E-state index in [9.17, 15) is 9.59 Å². The number of hydrogen-bond donors (Lipinski definition) is 0. The minimum atomic E-state index is -0.397. The number of thiazole rings is 1. The summed E-state index contributed by atoms with van der Waals surface area (Å²) in [6.07, 6.45) is 0. The quantitative estimate of drug-likeness (QED) is 0.450. The Morgan fingerprint density at radius 2 is 1.87 bits per heavy atom. The highest BCUT2D eigenvalue weighted by Gasteiger charge is 2.23. The molecule has 0 fully saturated rings. The normalized spacial score (nSPS) is 10.7. The molecule has 156 valence electrons. The molecule has 0 atom stereocenters. The summed E-state index contributed by atoms with van der Waals surface area (Å²) in [6.45, 7) is 9.20. The second-order valence-electron chi connectivity index (χ2n) is 7.21. The lowest BCUT2D eigenvalue weighted by Crippen LogP contribution is -2.24. The first kappa shape index (κ1) is 22.0. The van der Waals surface area contributed by atoms with Crippen LogP contribution in [0, 0.1) is 27.7 Å². The van der Waals surface area contributed by atoms with Crippen LogP contribution in [0.5, 0.6) is 0 Å². The Labute approximate surface area is 185 Å². The molecule has 1 amide bonds. The highest BCUT2D eigenvalue weighted by Crippen LogP contribution is 2.37. The number of anilines is 2. The Bertz CT molecular complexity index is 1100. The van der Waals surface area contributed by atoms with E-state index in [-0.39, 0.29) is 12.5 Å². The molecule has 2 aromatic carbocycles. The molecule has 0 N–H and O–H groups in total. The summed E-state index contributed by atoms with van der Waals surface area (Å²) < 4.78 is 5.45. The molecule has 0 spiro atoms. The van der Waals surface area contributed by atoms with Gasteiger partial charge in [0.2, 0.25) is 5.91 Å². The van der Waals surface area contributed by atoms with Crippen LogP contribution in [0.25, 0.3) is 0 Å². The van der Waals surface area contributed by atoms with E-state index < -0.39 is 5.97 Å². The molecule has 0 bridgehead atoms. The predicted octanol–water partition coefficient (Wildman–Crippen LogP) is 6.07. The molecule has 7 heteroatoms. The lowest BCUT2D eigenvalue weighted by Gasteiger charge is -2.22. The van der Waals surface area contributed by atoms with Gasteiger partial charge in [-0.3, -0.25) is 9.69 Å². The van der Waals surface area contributed by atoms with Gasteiger partial charge in [-0.25, -0.2) is 9.78 Å². The highest BCUT2D eigenvalue weighted by molar-refractivity contribution is 7.14. The SMILES string of the molecule is CC(=O)N(c1nc(COC(=O)c2cccc(C)c2C)cs1)c1c(C)cc(C)cc1Cl. The Kier molecular flexibility index (Phi) is 6.58. The first-order valence-corrected chi connectivity index (χ1v) is 10.7. The van der Waals surface area contributed by atoms with Gasteiger partial charge in [-0.05, 0) is 62.1 Å². The van der Waals surface area contributed by atoms with Crippen molar-refractivity contribution in [3.8, 4) is 0 Å². The molecule has 0 aliphatic heterocycles. The van der Waals surface area contributed by atoms with Gasteiger partial charge in [-0.2, -0.15) is 0 Å². The Morgan fingerprint density at radius 3 is 2.53 bits per heavy atom. The van der Waals surface area contributed by atoms with Gasteiger partial charge in [0.05, 0.1) is 22.0 Å². The summed E-state index contributed by atoms with van der Waals surface area (Å²) in [5, 5.41) is 2.74. The van der Waals surface area contributed by atoms with E-state index in [0.717, 1.165) is 22.3 Å². The zero-order chi connectivity index (χ0) is 22.0. The van der Waals surface area contributed by atoms with Gasteiger partial charge in [0, 0.05) is 12.3 Å². The molecule has 5 nitrogen and oxygen atoms in total. The van der Waals surface area contributed by atoms with Crippen LogP contribution in [0.4, 0.5) is 10.8 Å². The average Bonchev–Trinajstić information content (AvgIpc) is 3.12. The van der Waals surface area contributed by atoms with Gasteiger partial charge < -0.3 is 4.74 Å². The molecule has 0 saturated heterocycles. The Balaban J connectivity index is 1.81. The van der Waals surface area contributed by atoms with E-state index >= 15 is 0 Å². The lowest BCUT2D eigenvalue weighted by atomic mass is 10.0. The molecule has 1 heterocycles. The maximum absolute atomic E-state index is 12.5. The number of amides is 1. The number of ether oxygens (including phenoxy) is 1. The van der Waals surface area contributed by atoms with E-state index in [0.29, 0.717) is 27.1 Å². The number of hydrogen-bond acceptors (Lipinski definition) is 5. The monoisotopic (exact) mass is 442 g/mol. The van der Waals surface area contributed by atoms with Crippen LogP contribution in [-0.4, -0.2) is 16.9 Å². The van der Waals surface area contributed by atoms with Crippen molar-refractivity contribution >= 4 is 45.6 Å². The van der Waals surface area contributed by atoms with Crippen molar-refractivity contribution in [1.29, 1.82) is 0 Å². The number of benzene rings is 2. The fourth-order valence-corrected chi connectivity index (χ4v) is 4.50. The molecule has 3 aromatic rings. The van der Waals surface area contributed by atoms with Crippen molar-refractivity contribution in [1.82, 2.24) is 4.98 Å². The first-order chi connectivity index (χ1) is 14.2. The largest absolute Gasteiger partial charge is 0.456 e. The van der Waals surface area contributed by atoms with Crippen LogP contribution in [-0.2, 0) is 16.1 Å². The molecule has 3 rings (SSSR count). The van der Waals surface area contributed by atoms with Crippen LogP contribution in [0.1, 0.15) is 45.2 Å². The number of esters is 1. The standard InChI is InChI=1S/C23H23ClN2O3S/c1-13-9-15(3)21(20(24)10-13)26(17(5)27)23-25-18(12-30-23)11-29-22(28)19-8-6-7-14(2)16(19)4/h6-10,12H,11H2,1-5H3. The lowest BCUT2D eigenvalue weighted by molar-refractivity contribution is -0.115. The van der Waals surface area contributed by atoms with Crippen LogP contribution >= 0.6 is 22.9 Å². The molecule has 0 saturated carbocycles. The van der Waals surface area contributed by atoms with Crippen LogP contribution in [0.3, 0.4) is 0 Å². The topological polar surface area (TPSA) is 59.5 Å². The number of rotatable bonds is 5. The fourth-order valence-electron chi connectivity index (χ4n) is 3.23. The second kappa shape index (κ2) is 8.98. The molecule has 0 aliphatic carbocycles. The van der Waals surface area contributed by atoms with E-state index in [1.807, 2.05) is 52.0 Å². The van der Waals surface area contributed by atoms with Gasteiger partial charge in [0.15, 0.2) is 5.13 Å². The third kappa shape index (κ3) is 4.55. The van der Waals surface area contributed by atoms with Crippen LogP contribution in [0.2, 0.25) is 5.02 Å². The summed E-state index contributed by atoms with van der Waals surface area (Å²) >= 11 is 7.74. The number of halogens is 1. The number of carbonyl (C=O) groups is 2. The van der Waals surface area contributed by atoms with Crippen LogP contribution < -0.4 is 4.90 Å². The molecular formula is C23H23ClN2O3S. The molecule has 0 unspecified atom stereocenters. The van der Waals surface area contributed by atoms with Gasteiger partial charge in [0.25, 0.3) is 0 Å². The van der Waals surface area contributed by atoms with Crippen molar-refractivity contribution in [3.05, 3.63) is 74.2 Å². The minimum absolute atomic E-state index is 0.0229. The van der Waals surface area contributed by atoms with E-state index in [1.165, 1.54) is 23.2 Å². The van der Waals surface area contributed by atoms with Crippen molar-refractivity contribution in [3.63, 3.8) is 0 Å². The van der Waals surface area contributed by atoms with Gasteiger partial charge in [0.1, 0.15) is 6.61 Å². The van der Waals surface area contributed by atoms with Crippen molar-refractivity contribution < 1.29 is 14.3 Å². The van der Waals surface area contributed by atoms with E-state index in [1.54, 1.807) is 11.4 Å². The molecule has 1 aromatic heterocycles. The number of nitrogens with zero attached hydrogens (tertiary/aromatic N) is 2. The third-order valence-corrected chi connectivity index (χ3v) is 6.01. The van der Waals surface area contributed by atoms with Crippen molar-refractivity contribution in [2.45, 2.75) is 41.2 Å². The highest BCUT2D eigenvalue weighted by atomic mass is 35.5. The molecule has 0 radical (unpaired) electrons. The summed E-state index contributed by atoms with van der Waals surface area (Å²) in [5.74, 6) is -0.594. The van der Waals surface area contributed by atoms with E-state index in [2.05, 4.69) is 4.98 Å². The van der Waals surface area contributed by atoms with Gasteiger partial charge >= 0.3 is 5.97 Å². The minimum Gasteiger partial charge on any atom is -0.456 e. The number of aryl methyl sites for hydroxylation is 3. The number of carbonyl (C=O) groups excluding carboxylic acids is 2. The van der Waals surface area contributed by atoms with Crippen molar-refractivity contribution in [2.24, 2.45) is 0 Å². The summed E-state index contributed by atoms with van der Waals surface area (Å²) in [7, 11) is 0. The maximum atomic E-state index is 12.5. The zero-order valence-corrected chi connectivity index (χ0v) is 19.1. The Morgan fingerprint density at radius 1 is 1.13 bits per heavy atom. The smallest absolute Gasteiger partial charge is 0.338 e. The summed E-state index contributed by atoms with van der Waals surface area (Å²) in [4.78, 5) is 30.9. The molecule has 0 aliphatic rings. The molecular weight excluding hydrogens is 420 g/mol. The average molecular weight is 443 g/mol. The molecule has 30 heavy (non-hydrogen) atoms. The van der Waals surface area contributed by atoms with Crippen molar-refractivity contribution in [2.75, 3.05) is 4.90 Å². The second-order valence-corrected chi connectivity index (χ2v) is 8.46. The third-order valence-electron chi connectivity index (χ3n) is 4.84.